The highest BCUT2D eigenvalue weighted by Crippen LogP contribution is 2.21. The zero-order chi connectivity index (χ0) is 15.8. The van der Waals surface area contributed by atoms with Gasteiger partial charge in [0.15, 0.2) is 0 Å². The Kier molecular flexibility index (Phi) is 5.80. The molecular formula is C17H18O5. The number of hydrogen-bond acceptors (Lipinski definition) is 4. The van der Waals surface area contributed by atoms with Crippen LogP contribution in [-0.2, 0) is 16.1 Å². The van der Waals surface area contributed by atoms with Crippen LogP contribution in [0.2, 0.25) is 0 Å². The van der Waals surface area contributed by atoms with E-state index >= 15 is 0 Å². The smallest absolute Gasteiger partial charge is 0.347 e. The zero-order valence-electron chi connectivity index (χ0n) is 12.3. The van der Waals surface area contributed by atoms with Crippen LogP contribution in [-0.4, -0.2) is 30.9 Å². The van der Waals surface area contributed by atoms with E-state index in [0.717, 1.165) is 5.56 Å². The summed E-state index contributed by atoms with van der Waals surface area (Å²) in [4.78, 5) is 11.1. The van der Waals surface area contributed by atoms with E-state index < -0.39 is 12.1 Å². The van der Waals surface area contributed by atoms with E-state index in [4.69, 9.17) is 19.3 Å². The van der Waals surface area contributed by atoms with Crippen molar-refractivity contribution in [1.29, 1.82) is 0 Å². The zero-order valence-corrected chi connectivity index (χ0v) is 12.3. The quantitative estimate of drug-likeness (QED) is 0.812. The molecule has 1 N–H and O–H groups in total. The molecule has 2 rings (SSSR count). The SMILES string of the molecule is COCC(Oc1cccc(OCc2ccccc2)c1)C(=O)O. The molecule has 0 aliphatic heterocycles. The lowest BCUT2D eigenvalue weighted by Crippen LogP contribution is -2.31. The number of benzene rings is 2. The van der Waals surface area contributed by atoms with Crippen molar-refractivity contribution in [1.82, 2.24) is 0 Å². The first-order valence-electron chi connectivity index (χ1n) is 6.84. The van der Waals surface area contributed by atoms with Gasteiger partial charge in [-0.25, -0.2) is 4.79 Å². The molecule has 5 nitrogen and oxygen atoms in total. The van der Waals surface area contributed by atoms with Gasteiger partial charge in [0, 0.05) is 13.2 Å². The molecule has 0 aromatic heterocycles. The average Bonchev–Trinajstić information content (AvgIpc) is 2.54. The van der Waals surface area contributed by atoms with Gasteiger partial charge in [0.05, 0.1) is 6.61 Å². The Labute approximate surface area is 129 Å². The Hall–Kier alpha value is -2.53. The number of carboxylic acid groups (broad SMARTS) is 1. The molecule has 0 radical (unpaired) electrons. The standard InChI is InChI=1S/C17H18O5/c1-20-12-16(17(18)19)22-15-9-5-8-14(10-15)21-11-13-6-3-2-4-7-13/h2-10,16H,11-12H2,1H3,(H,18,19). The maximum atomic E-state index is 11.1. The molecule has 0 spiro atoms. The second-order valence-corrected chi connectivity index (χ2v) is 4.65. The Bertz CT molecular complexity index is 597. The van der Waals surface area contributed by atoms with Gasteiger partial charge < -0.3 is 19.3 Å². The first kappa shape index (κ1) is 15.9. The molecule has 1 atom stereocenters. The van der Waals surface area contributed by atoms with Gasteiger partial charge in [-0.05, 0) is 17.7 Å². The Morgan fingerprint density at radius 3 is 2.50 bits per heavy atom. The fraction of sp³-hybridized carbons (Fsp3) is 0.235. The minimum atomic E-state index is -1.07. The summed E-state index contributed by atoms with van der Waals surface area (Å²) in [6.07, 6.45) is -1.05. The third kappa shape index (κ3) is 4.79. The monoisotopic (exact) mass is 302 g/mol. The highest BCUT2D eigenvalue weighted by molar-refractivity contribution is 5.73. The van der Waals surface area contributed by atoms with Crippen molar-refractivity contribution in [3.8, 4) is 11.5 Å². The van der Waals surface area contributed by atoms with Gasteiger partial charge in [0.2, 0.25) is 6.10 Å². The molecule has 0 aliphatic rings. The number of aliphatic carboxylic acids is 1. The predicted octanol–water partition coefficient (Wildman–Crippen LogP) is 2.74. The molecule has 5 heteroatoms. The van der Waals surface area contributed by atoms with Crippen molar-refractivity contribution < 1.29 is 24.1 Å². The molecular weight excluding hydrogens is 284 g/mol. The van der Waals surface area contributed by atoms with E-state index in [9.17, 15) is 4.79 Å². The highest BCUT2D eigenvalue weighted by atomic mass is 16.5. The molecule has 0 amide bonds. The molecule has 2 aromatic carbocycles. The predicted molar refractivity (Wildman–Crippen MR) is 81.1 cm³/mol. The first-order chi connectivity index (χ1) is 10.7. The third-order valence-corrected chi connectivity index (χ3v) is 2.93. The maximum absolute atomic E-state index is 11.1. The molecule has 1 unspecified atom stereocenters. The Morgan fingerprint density at radius 1 is 1.09 bits per heavy atom. The van der Waals surface area contributed by atoms with Crippen molar-refractivity contribution in [2.45, 2.75) is 12.7 Å². The first-order valence-corrected chi connectivity index (χ1v) is 6.84. The minimum Gasteiger partial charge on any atom is -0.489 e. The molecule has 22 heavy (non-hydrogen) atoms. The van der Waals surface area contributed by atoms with Gasteiger partial charge in [-0.2, -0.15) is 0 Å². The minimum absolute atomic E-state index is 0.0234. The van der Waals surface area contributed by atoms with Gasteiger partial charge in [-0.3, -0.25) is 0 Å². The number of carbonyl (C=O) groups is 1. The summed E-state index contributed by atoms with van der Waals surface area (Å²) < 4.78 is 15.9. The van der Waals surface area contributed by atoms with E-state index in [1.807, 2.05) is 30.3 Å². The lowest BCUT2D eigenvalue weighted by atomic mass is 10.2. The van der Waals surface area contributed by atoms with E-state index in [1.54, 1.807) is 24.3 Å². The normalized spacial score (nSPS) is 11.7. The fourth-order valence-electron chi connectivity index (χ4n) is 1.85. The number of carboxylic acids is 1. The van der Waals surface area contributed by atoms with Crippen LogP contribution in [0.25, 0.3) is 0 Å². The number of methoxy groups -OCH3 is 1. The van der Waals surface area contributed by atoms with E-state index in [1.165, 1.54) is 7.11 Å². The van der Waals surface area contributed by atoms with E-state index in [0.29, 0.717) is 18.1 Å². The number of rotatable bonds is 8. The molecule has 0 saturated heterocycles. The Balaban J connectivity index is 1.98. The Morgan fingerprint density at radius 2 is 1.82 bits per heavy atom. The second-order valence-electron chi connectivity index (χ2n) is 4.65. The number of hydrogen-bond donors (Lipinski definition) is 1. The van der Waals surface area contributed by atoms with Crippen LogP contribution in [0, 0.1) is 0 Å². The molecule has 0 aliphatic carbocycles. The summed E-state index contributed by atoms with van der Waals surface area (Å²) in [6, 6.07) is 16.7. The van der Waals surface area contributed by atoms with Crippen molar-refractivity contribution in [2.75, 3.05) is 13.7 Å². The van der Waals surface area contributed by atoms with Crippen LogP contribution in [0.5, 0.6) is 11.5 Å². The van der Waals surface area contributed by atoms with E-state index in [-0.39, 0.29) is 6.61 Å². The second kappa shape index (κ2) is 8.05. The fourth-order valence-corrected chi connectivity index (χ4v) is 1.85. The number of ether oxygens (including phenoxy) is 3. The molecule has 0 fully saturated rings. The van der Waals surface area contributed by atoms with Gasteiger partial charge in [0.25, 0.3) is 0 Å². The van der Waals surface area contributed by atoms with Crippen LogP contribution in [0.15, 0.2) is 54.6 Å². The largest absolute Gasteiger partial charge is 0.489 e. The average molecular weight is 302 g/mol. The van der Waals surface area contributed by atoms with Gasteiger partial charge in [-0.1, -0.05) is 36.4 Å². The summed E-state index contributed by atoms with van der Waals surface area (Å²) in [5.41, 5.74) is 1.05. The molecule has 0 bridgehead atoms. The maximum Gasteiger partial charge on any atom is 0.347 e. The topological polar surface area (TPSA) is 65.0 Å². The van der Waals surface area contributed by atoms with Gasteiger partial charge in [-0.15, -0.1) is 0 Å². The van der Waals surface area contributed by atoms with Crippen LogP contribution in [0.4, 0.5) is 0 Å². The van der Waals surface area contributed by atoms with Crippen LogP contribution < -0.4 is 9.47 Å². The van der Waals surface area contributed by atoms with Gasteiger partial charge in [0.1, 0.15) is 18.1 Å². The lowest BCUT2D eigenvalue weighted by Gasteiger charge is -2.15. The summed E-state index contributed by atoms with van der Waals surface area (Å²) >= 11 is 0. The van der Waals surface area contributed by atoms with Crippen LogP contribution in [0.1, 0.15) is 5.56 Å². The van der Waals surface area contributed by atoms with Crippen LogP contribution >= 0.6 is 0 Å². The van der Waals surface area contributed by atoms with Crippen molar-refractivity contribution in [3.05, 3.63) is 60.2 Å². The highest BCUT2D eigenvalue weighted by Gasteiger charge is 2.19. The molecule has 0 saturated carbocycles. The van der Waals surface area contributed by atoms with Crippen molar-refractivity contribution in [2.24, 2.45) is 0 Å². The van der Waals surface area contributed by atoms with Crippen LogP contribution in [0.3, 0.4) is 0 Å². The molecule has 2 aromatic rings. The molecule has 0 heterocycles. The third-order valence-electron chi connectivity index (χ3n) is 2.93. The van der Waals surface area contributed by atoms with Crippen molar-refractivity contribution >= 4 is 5.97 Å². The summed E-state index contributed by atoms with van der Waals surface area (Å²) in [6.45, 7) is 0.412. The van der Waals surface area contributed by atoms with Crippen molar-refractivity contribution in [3.63, 3.8) is 0 Å². The summed E-state index contributed by atoms with van der Waals surface area (Å²) in [5.74, 6) is -0.0321. The summed E-state index contributed by atoms with van der Waals surface area (Å²) in [7, 11) is 1.43. The van der Waals surface area contributed by atoms with Gasteiger partial charge >= 0.3 is 5.97 Å². The molecule has 116 valence electrons. The van der Waals surface area contributed by atoms with E-state index in [2.05, 4.69) is 0 Å². The lowest BCUT2D eigenvalue weighted by molar-refractivity contribution is -0.147. The summed E-state index contributed by atoms with van der Waals surface area (Å²) in [5, 5.41) is 9.05.